The molecule has 0 fully saturated rings. The lowest BCUT2D eigenvalue weighted by molar-refractivity contribution is 0.321. The van der Waals surface area contributed by atoms with Crippen LogP contribution in [0.4, 0.5) is 0 Å². The molecule has 1 atom stereocenters. The van der Waals surface area contributed by atoms with E-state index in [2.05, 4.69) is 78.4 Å². The molecule has 0 bridgehead atoms. The number of H-pyrrole nitrogens is 1. The largest absolute Gasteiger partial charge is 0.345 e. The Morgan fingerprint density at radius 2 is 1.85 bits per heavy atom. The van der Waals surface area contributed by atoms with Gasteiger partial charge in [0.15, 0.2) is 0 Å². The third-order valence-corrected chi connectivity index (χ3v) is 3.90. The fourth-order valence-corrected chi connectivity index (χ4v) is 2.39. The second kappa shape index (κ2) is 5.10. The van der Waals surface area contributed by atoms with E-state index in [4.69, 9.17) is 0 Å². The molecule has 3 aromatic rings. The maximum atomic E-state index is 4.26. The lowest BCUT2D eigenvalue weighted by atomic mass is 9.99. The molecule has 0 unspecified atom stereocenters. The van der Waals surface area contributed by atoms with Gasteiger partial charge in [-0.3, -0.25) is 0 Å². The minimum atomic E-state index is 0.408. The topological polar surface area (TPSA) is 31.9 Å². The van der Waals surface area contributed by atoms with Crippen LogP contribution in [0.5, 0.6) is 0 Å². The van der Waals surface area contributed by atoms with E-state index >= 15 is 0 Å². The van der Waals surface area contributed by atoms with Gasteiger partial charge in [0.2, 0.25) is 0 Å². The highest BCUT2D eigenvalue weighted by molar-refractivity contribution is 5.81. The van der Waals surface area contributed by atoms with Gasteiger partial charge in [0.1, 0.15) is 0 Å². The van der Waals surface area contributed by atoms with Crippen LogP contribution in [0.3, 0.4) is 0 Å². The molecule has 3 rings (SSSR count). The number of fused-ring (bicyclic) bond motifs is 1. The summed E-state index contributed by atoms with van der Waals surface area (Å²) in [6.07, 6.45) is 1.74. The predicted octanol–water partition coefficient (Wildman–Crippen LogP) is 3.85. The van der Waals surface area contributed by atoms with Crippen molar-refractivity contribution in [2.45, 2.75) is 13.0 Å². The number of benzene rings is 2. The van der Waals surface area contributed by atoms with Crippen molar-refractivity contribution in [3.8, 4) is 11.1 Å². The molecule has 0 aliphatic carbocycles. The Morgan fingerprint density at radius 3 is 2.65 bits per heavy atom. The minimum absolute atomic E-state index is 0.408. The summed E-state index contributed by atoms with van der Waals surface area (Å²) in [6, 6.07) is 15.5. The second-order valence-electron chi connectivity index (χ2n) is 5.40. The summed E-state index contributed by atoms with van der Waals surface area (Å²) >= 11 is 0. The van der Waals surface area contributed by atoms with E-state index in [0.29, 0.717) is 6.04 Å². The molecule has 1 N–H and O–H groups in total. The van der Waals surface area contributed by atoms with Crippen LogP contribution in [-0.4, -0.2) is 29.0 Å². The van der Waals surface area contributed by atoms with Crippen LogP contribution in [0.1, 0.15) is 18.5 Å². The highest BCUT2D eigenvalue weighted by atomic mass is 15.1. The third kappa shape index (κ3) is 2.32. The molecule has 0 aliphatic rings. The molecule has 0 spiro atoms. The van der Waals surface area contributed by atoms with Crippen LogP contribution >= 0.6 is 0 Å². The van der Waals surface area contributed by atoms with E-state index in [1.54, 1.807) is 6.33 Å². The summed E-state index contributed by atoms with van der Waals surface area (Å²) < 4.78 is 0. The normalized spacial score (nSPS) is 13.0. The van der Waals surface area contributed by atoms with Crippen molar-refractivity contribution < 1.29 is 0 Å². The highest BCUT2D eigenvalue weighted by Gasteiger charge is 2.09. The highest BCUT2D eigenvalue weighted by Crippen LogP contribution is 2.26. The van der Waals surface area contributed by atoms with E-state index in [0.717, 1.165) is 11.0 Å². The molecule has 0 aliphatic heterocycles. The molecular formula is C17H19N3. The predicted molar refractivity (Wildman–Crippen MR) is 83.6 cm³/mol. The molecular weight excluding hydrogens is 246 g/mol. The fourth-order valence-electron chi connectivity index (χ4n) is 2.39. The SMILES string of the molecule is C[C@H](c1cccc(-c2ccc3nc[nH]c3c2)c1)N(C)C. The van der Waals surface area contributed by atoms with E-state index in [9.17, 15) is 0 Å². The molecule has 3 nitrogen and oxygen atoms in total. The maximum Gasteiger partial charge on any atom is 0.0931 e. The number of rotatable bonds is 3. The van der Waals surface area contributed by atoms with Gasteiger partial charge in [-0.25, -0.2) is 4.98 Å². The van der Waals surface area contributed by atoms with Gasteiger partial charge in [-0.15, -0.1) is 0 Å². The zero-order chi connectivity index (χ0) is 14.1. The Labute approximate surface area is 119 Å². The molecule has 2 aromatic carbocycles. The summed E-state index contributed by atoms with van der Waals surface area (Å²) in [4.78, 5) is 9.65. The molecule has 1 heterocycles. The van der Waals surface area contributed by atoms with Crippen molar-refractivity contribution in [2.75, 3.05) is 14.1 Å². The van der Waals surface area contributed by atoms with Crippen molar-refractivity contribution >= 4 is 11.0 Å². The summed E-state index contributed by atoms with van der Waals surface area (Å²) in [7, 11) is 4.21. The zero-order valence-corrected chi connectivity index (χ0v) is 12.1. The van der Waals surface area contributed by atoms with Gasteiger partial charge in [-0.05, 0) is 55.9 Å². The standard InChI is InChI=1S/C17H19N3/c1-12(20(2)3)13-5-4-6-14(9-13)15-7-8-16-17(10-15)19-11-18-16/h4-12H,1-3H3,(H,18,19)/t12-/m1/s1. The number of hydrogen-bond donors (Lipinski definition) is 1. The third-order valence-electron chi connectivity index (χ3n) is 3.90. The monoisotopic (exact) mass is 265 g/mol. The van der Waals surface area contributed by atoms with Crippen molar-refractivity contribution in [3.63, 3.8) is 0 Å². The summed E-state index contributed by atoms with van der Waals surface area (Å²) in [6.45, 7) is 2.22. The fraction of sp³-hybridized carbons (Fsp3) is 0.235. The first kappa shape index (κ1) is 12.9. The molecule has 102 valence electrons. The van der Waals surface area contributed by atoms with E-state index in [-0.39, 0.29) is 0 Å². The lowest BCUT2D eigenvalue weighted by Crippen LogP contribution is -2.16. The van der Waals surface area contributed by atoms with E-state index in [1.807, 2.05) is 0 Å². The minimum Gasteiger partial charge on any atom is -0.345 e. The number of aromatic amines is 1. The first-order valence-corrected chi connectivity index (χ1v) is 6.85. The summed E-state index contributed by atoms with van der Waals surface area (Å²) in [5.74, 6) is 0. The number of nitrogens with zero attached hydrogens (tertiary/aromatic N) is 2. The van der Waals surface area contributed by atoms with Gasteiger partial charge in [0.25, 0.3) is 0 Å². The van der Waals surface area contributed by atoms with Crippen LogP contribution < -0.4 is 0 Å². The Hall–Kier alpha value is -2.13. The Morgan fingerprint density at radius 1 is 1.05 bits per heavy atom. The van der Waals surface area contributed by atoms with Crippen LogP contribution in [0, 0.1) is 0 Å². The van der Waals surface area contributed by atoms with Crippen LogP contribution in [0.25, 0.3) is 22.2 Å². The summed E-state index contributed by atoms with van der Waals surface area (Å²) in [5, 5.41) is 0. The Balaban J connectivity index is 2.03. The molecule has 20 heavy (non-hydrogen) atoms. The molecule has 3 heteroatoms. The van der Waals surface area contributed by atoms with Gasteiger partial charge in [0.05, 0.1) is 17.4 Å². The first-order valence-electron chi connectivity index (χ1n) is 6.85. The Bertz CT molecular complexity index is 728. The molecule has 0 amide bonds. The van der Waals surface area contributed by atoms with Crippen LogP contribution in [0.2, 0.25) is 0 Å². The zero-order valence-electron chi connectivity index (χ0n) is 12.1. The van der Waals surface area contributed by atoms with Crippen molar-refractivity contribution in [3.05, 3.63) is 54.4 Å². The van der Waals surface area contributed by atoms with Crippen molar-refractivity contribution in [2.24, 2.45) is 0 Å². The van der Waals surface area contributed by atoms with Gasteiger partial charge < -0.3 is 9.88 Å². The molecule has 0 radical (unpaired) electrons. The quantitative estimate of drug-likeness (QED) is 0.780. The van der Waals surface area contributed by atoms with Gasteiger partial charge in [0, 0.05) is 6.04 Å². The van der Waals surface area contributed by atoms with Crippen LogP contribution in [0.15, 0.2) is 48.8 Å². The molecule has 0 saturated carbocycles. The number of aromatic nitrogens is 2. The molecule has 1 aromatic heterocycles. The molecule has 0 saturated heterocycles. The number of imidazole rings is 1. The number of nitrogens with one attached hydrogen (secondary N) is 1. The van der Waals surface area contributed by atoms with Gasteiger partial charge >= 0.3 is 0 Å². The van der Waals surface area contributed by atoms with Gasteiger partial charge in [-0.2, -0.15) is 0 Å². The Kier molecular flexibility index (Phi) is 3.28. The summed E-state index contributed by atoms with van der Waals surface area (Å²) in [5.41, 5.74) is 5.87. The lowest BCUT2D eigenvalue weighted by Gasteiger charge is -2.20. The second-order valence-corrected chi connectivity index (χ2v) is 5.40. The van der Waals surface area contributed by atoms with Crippen LogP contribution in [-0.2, 0) is 0 Å². The smallest absolute Gasteiger partial charge is 0.0931 e. The van der Waals surface area contributed by atoms with Crippen molar-refractivity contribution in [1.82, 2.24) is 14.9 Å². The average molecular weight is 265 g/mol. The average Bonchev–Trinajstić information content (AvgIpc) is 2.93. The van der Waals surface area contributed by atoms with Gasteiger partial charge in [-0.1, -0.05) is 24.3 Å². The maximum absolute atomic E-state index is 4.26. The van der Waals surface area contributed by atoms with Crippen molar-refractivity contribution in [1.29, 1.82) is 0 Å². The number of hydrogen-bond acceptors (Lipinski definition) is 2. The first-order chi connectivity index (χ1) is 9.65. The van der Waals surface area contributed by atoms with E-state index < -0.39 is 0 Å². The van der Waals surface area contributed by atoms with E-state index in [1.165, 1.54) is 16.7 Å².